The van der Waals surface area contributed by atoms with Crippen molar-refractivity contribution in [2.24, 2.45) is 5.41 Å². The number of nitrogens with zero attached hydrogens (tertiary/aromatic N) is 3. The van der Waals surface area contributed by atoms with E-state index in [-0.39, 0.29) is 11.0 Å². The van der Waals surface area contributed by atoms with Gasteiger partial charge in [-0.2, -0.15) is 0 Å². The molecule has 19 heavy (non-hydrogen) atoms. The van der Waals surface area contributed by atoms with E-state index in [2.05, 4.69) is 70.3 Å². The molecule has 1 aromatic heterocycles. The van der Waals surface area contributed by atoms with Crippen LogP contribution in [-0.4, -0.2) is 21.0 Å². The number of hydrogen-bond donors (Lipinski definition) is 1. The summed E-state index contributed by atoms with van der Waals surface area (Å²) in [5.41, 5.74) is 1.17. The lowest BCUT2D eigenvalue weighted by Crippen LogP contribution is -2.42. The van der Waals surface area contributed by atoms with E-state index in [9.17, 15) is 0 Å². The second kappa shape index (κ2) is 6.04. The quantitative estimate of drug-likeness (QED) is 0.823. The Bertz CT molecular complexity index is 391. The zero-order chi connectivity index (χ0) is 14.7. The summed E-state index contributed by atoms with van der Waals surface area (Å²) in [4.78, 5) is 0. The van der Waals surface area contributed by atoms with E-state index in [1.54, 1.807) is 0 Å². The summed E-state index contributed by atoms with van der Waals surface area (Å²) in [6.07, 6.45) is 4.44. The van der Waals surface area contributed by atoms with E-state index in [1.165, 1.54) is 12.8 Å². The first-order chi connectivity index (χ1) is 8.70. The third kappa shape index (κ3) is 3.78. The van der Waals surface area contributed by atoms with Crippen LogP contribution in [0.2, 0.25) is 0 Å². The van der Waals surface area contributed by atoms with Gasteiger partial charge in [0, 0.05) is 12.6 Å². The Labute approximate surface area is 118 Å². The SMILES string of the molecule is CCCC(C)(C)C(C)(C)n1cc(CNC(C)C)nn1. The topological polar surface area (TPSA) is 42.7 Å². The minimum absolute atomic E-state index is 0.0356. The molecule has 0 fully saturated rings. The molecular weight excluding hydrogens is 236 g/mol. The molecule has 0 saturated carbocycles. The first-order valence-corrected chi connectivity index (χ1v) is 7.36. The molecule has 1 N–H and O–H groups in total. The van der Waals surface area contributed by atoms with Gasteiger partial charge in [0.1, 0.15) is 0 Å². The molecule has 4 heteroatoms. The van der Waals surface area contributed by atoms with Crippen LogP contribution in [0.25, 0.3) is 0 Å². The highest BCUT2D eigenvalue weighted by Crippen LogP contribution is 2.40. The maximum Gasteiger partial charge on any atom is 0.0965 e. The molecule has 110 valence electrons. The molecule has 0 spiro atoms. The molecule has 0 aliphatic heterocycles. The number of rotatable bonds is 7. The van der Waals surface area contributed by atoms with Crippen molar-refractivity contribution in [2.45, 2.75) is 79.4 Å². The van der Waals surface area contributed by atoms with Crippen LogP contribution in [0.4, 0.5) is 0 Å². The van der Waals surface area contributed by atoms with Crippen molar-refractivity contribution in [2.75, 3.05) is 0 Å². The Hall–Kier alpha value is -0.900. The van der Waals surface area contributed by atoms with Crippen molar-refractivity contribution in [3.63, 3.8) is 0 Å². The van der Waals surface area contributed by atoms with Gasteiger partial charge >= 0.3 is 0 Å². The van der Waals surface area contributed by atoms with Gasteiger partial charge in [-0.3, -0.25) is 0 Å². The number of hydrogen-bond acceptors (Lipinski definition) is 3. The van der Waals surface area contributed by atoms with Crippen molar-refractivity contribution < 1.29 is 0 Å². The van der Waals surface area contributed by atoms with Crippen LogP contribution in [0.5, 0.6) is 0 Å². The summed E-state index contributed by atoms with van der Waals surface area (Å²) in [6, 6.07) is 0.467. The maximum absolute atomic E-state index is 4.34. The van der Waals surface area contributed by atoms with Gasteiger partial charge in [-0.1, -0.05) is 46.3 Å². The Morgan fingerprint density at radius 1 is 1.26 bits per heavy atom. The van der Waals surface area contributed by atoms with Gasteiger partial charge in [0.15, 0.2) is 0 Å². The molecule has 1 heterocycles. The van der Waals surface area contributed by atoms with E-state index >= 15 is 0 Å². The lowest BCUT2D eigenvalue weighted by Gasteiger charge is -2.41. The van der Waals surface area contributed by atoms with Gasteiger partial charge in [0.25, 0.3) is 0 Å². The Balaban J connectivity index is 2.84. The first-order valence-electron chi connectivity index (χ1n) is 7.36. The van der Waals surface area contributed by atoms with Crippen molar-refractivity contribution in [3.8, 4) is 0 Å². The normalized spacial score (nSPS) is 13.3. The fourth-order valence-electron chi connectivity index (χ4n) is 2.20. The summed E-state index contributed by atoms with van der Waals surface area (Å²) in [5, 5.41) is 12.0. The molecule has 0 aliphatic carbocycles. The summed E-state index contributed by atoms with van der Waals surface area (Å²) in [6.45, 7) is 16.4. The van der Waals surface area contributed by atoms with Crippen LogP contribution in [0, 0.1) is 5.41 Å². The molecule has 0 saturated heterocycles. The van der Waals surface area contributed by atoms with E-state index < -0.39 is 0 Å². The second-order valence-electron chi connectivity index (χ2n) is 6.88. The van der Waals surface area contributed by atoms with Crippen LogP contribution >= 0.6 is 0 Å². The third-order valence-corrected chi connectivity index (χ3v) is 4.34. The molecule has 4 nitrogen and oxygen atoms in total. The molecule has 1 aromatic rings. The van der Waals surface area contributed by atoms with Crippen LogP contribution in [0.3, 0.4) is 0 Å². The Kier molecular flexibility index (Phi) is 5.13. The van der Waals surface area contributed by atoms with Crippen LogP contribution in [0.15, 0.2) is 6.20 Å². The molecule has 0 aliphatic rings. The molecule has 0 atom stereocenters. The van der Waals surface area contributed by atoms with Gasteiger partial charge in [-0.25, -0.2) is 4.68 Å². The fourth-order valence-corrected chi connectivity index (χ4v) is 2.20. The average molecular weight is 266 g/mol. The van der Waals surface area contributed by atoms with Gasteiger partial charge in [-0.05, 0) is 25.7 Å². The molecular formula is C15H30N4. The summed E-state index contributed by atoms with van der Waals surface area (Å²) < 4.78 is 2.03. The largest absolute Gasteiger partial charge is 0.309 e. The first kappa shape index (κ1) is 16.2. The van der Waals surface area contributed by atoms with E-state index in [4.69, 9.17) is 0 Å². The maximum atomic E-state index is 4.34. The van der Waals surface area contributed by atoms with Crippen LogP contribution in [0.1, 0.15) is 67.0 Å². The van der Waals surface area contributed by atoms with E-state index in [0.29, 0.717) is 6.04 Å². The molecule has 0 amide bonds. The average Bonchev–Trinajstić information content (AvgIpc) is 2.75. The summed E-state index contributed by atoms with van der Waals surface area (Å²) in [5.74, 6) is 0. The highest BCUT2D eigenvalue weighted by atomic mass is 15.5. The van der Waals surface area contributed by atoms with Crippen molar-refractivity contribution in [3.05, 3.63) is 11.9 Å². The monoisotopic (exact) mass is 266 g/mol. The lowest BCUT2D eigenvalue weighted by atomic mass is 9.71. The zero-order valence-electron chi connectivity index (χ0n) is 13.6. The van der Waals surface area contributed by atoms with Crippen LogP contribution < -0.4 is 5.32 Å². The molecule has 0 bridgehead atoms. The molecule has 1 rings (SSSR count). The van der Waals surface area contributed by atoms with E-state index in [1.807, 2.05) is 4.68 Å². The third-order valence-electron chi connectivity index (χ3n) is 4.34. The highest BCUT2D eigenvalue weighted by molar-refractivity contribution is 4.98. The van der Waals surface area contributed by atoms with Crippen LogP contribution in [-0.2, 0) is 12.1 Å². The smallest absolute Gasteiger partial charge is 0.0965 e. The van der Waals surface area contributed by atoms with Crippen molar-refractivity contribution in [1.29, 1.82) is 0 Å². The van der Waals surface area contributed by atoms with Gasteiger partial charge in [0.05, 0.1) is 17.4 Å². The predicted molar refractivity (Wildman–Crippen MR) is 80.0 cm³/mol. The second-order valence-corrected chi connectivity index (χ2v) is 6.88. The molecule has 0 aromatic carbocycles. The minimum Gasteiger partial charge on any atom is -0.309 e. The lowest BCUT2D eigenvalue weighted by molar-refractivity contribution is 0.0905. The Morgan fingerprint density at radius 2 is 1.89 bits per heavy atom. The number of aromatic nitrogens is 3. The fraction of sp³-hybridized carbons (Fsp3) is 0.867. The molecule has 0 radical (unpaired) electrons. The van der Waals surface area contributed by atoms with Crippen molar-refractivity contribution in [1.82, 2.24) is 20.3 Å². The van der Waals surface area contributed by atoms with Gasteiger partial charge < -0.3 is 5.32 Å². The van der Waals surface area contributed by atoms with Crippen molar-refractivity contribution >= 4 is 0 Å². The standard InChI is InChI=1S/C15H30N4/c1-8-9-14(4,5)15(6,7)19-11-13(17-18-19)10-16-12(2)3/h11-12,16H,8-10H2,1-7H3. The Morgan fingerprint density at radius 3 is 2.42 bits per heavy atom. The summed E-state index contributed by atoms with van der Waals surface area (Å²) in [7, 11) is 0. The summed E-state index contributed by atoms with van der Waals surface area (Å²) >= 11 is 0. The predicted octanol–water partition coefficient (Wildman–Crippen LogP) is 3.34. The number of nitrogens with one attached hydrogen (secondary N) is 1. The van der Waals surface area contributed by atoms with E-state index in [0.717, 1.165) is 12.2 Å². The van der Waals surface area contributed by atoms with Gasteiger partial charge in [-0.15, -0.1) is 5.10 Å². The highest BCUT2D eigenvalue weighted by Gasteiger charge is 2.38. The zero-order valence-corrected chi connectivity index (χ0v) is 13.6. The van der Waals surface area contributed by atoms with Gasteiger partial charge in [0.2, 0.25) is 0 Å². The molecule has 0 unspecified atom stereocenters. The minimum atomic E-state index is -0.0356.